The van der Waals surface area contributed by atoms with E-state index in [2.05, 4.69) is 16.6 Å². The quantitative estimate of drug-likeness (QED) is 0.612. The standard InChI is InChI=1S/C13H20N2O5/c1-8(11(17)19-5)15-7-6-9(10(15)16)14-12(18)20-13(2,3)4/h9H,1,6-7H2,2-5H3,(H,14,18). The molecule has 1 rings (SSSR count). The smallest absolute Gasteiger partial charge is 0.408 e. The third kappa shape index (κ3) is 3.97. The summed E-state index contributed by atoms with van der Waals surface area (Å²) < 4.78 is 9.59. The number of carbonyl (C=O) groups excluding carboxylic acids is 3. The largest absolute Gasteiger partial charge is 0.464 e. The van der Waals surface area contributed by atoms with Crippen LogP contribution in [0.15, 0.2) is 12.3 Å². The molecule has 0 bridgehead atoms. The van der Waals surface area contributed by atoms with E-state index in [1.54, 1.807) is 20.8 Å². The van der Waals surface area contributed by atoms with E-state index in [-0.39, 0.29) is 5.70 Å². The maximum absolute atomic E-state index is 12.1. The van der Waals surface area contributed by atoms with Crippen molar-refractivity contribution in [2.75, 3.05) is 13.7 Å². The van der Waals surface area contributed by atoms with Gasteiger partial charge in [-0.15, -0.1) is 0 Å². The molecule has 1 aliphatic rings. The Hall–Kier alpha value is -2.05. The highest BCUT2D eigenvalue weighted by Crippen LogP contribution is 2.17. The van der Waals surface area contributed by atoms with Crippen LogP contribution in [0.25, 0.3) is 0 Å². The Balaban J connectivity index is 2.60. The maximum atomic E-state index is 12.1. The third-order valence-electron chi connectivity index (χ3n) is 2.64. The van der Waals surface area contributed by atoms with Gasteiger partial charge in [-0.1, -0.05) is 6.58 Å². The number of ether oxygens (including phenoxy) is 2. The van der Waals surface area contributed by atoms with Gasteiger partial charge in [0.1, 0.15) is 17.3 Å². The SMILES string of the molecule is C=C(C(=O)OC)N1CCC(NC(=O)OC(C)(C)C)C1=O. The van der Waals surface area contributed by atoms with Gasteiger partial charge in [-0.25, -0.2) is 9.59 Å². The minimum Gasteiger partial charge on any atom is -0.464 e. The van der Waals surface area contributed by atoms with Crippen molar-refractivity contribution in [3.05, 3.63) is 12.3 Å². The Morgan fingerprint density at radius 1 is 1.40 bits per heavy atom. The number of alkyl carbamates (subject to hydrolysis) is 1. The zero-order valence-electron chi connectivity index (χ0n) is 12.2. The molecule has 0 aromatic carbocycles. The molecule has 0 aliphatic carbocycles. The minimum absolute atomic E-state index is 0.0361. The predicted molar refractivity (Wildman–Crippen MR) is 70.6 cm³/mol. The van der Waals surface area contributed by atoms with Gasteiger partial charge in [-0.2, -0.15) is 0 Å². The first-order valence-electron chi connectivity index (χ1n) is 6.24. The normalized spacial score (nSPS) is 18.7. The lowest BCUT2D eigenvalue weighted by molar-refractivity contribution is -0.141. The number of hydrogen-bond donors (Lipinski definition) is 1. The van der Waals surface area contributed by atoms with Crippen LogP contribution in [0.1, 0.15) is 27.2 Å². The van der Waals surface area contributed by atoms with E-state index in [1.807, 2.05) is 0 Å². The number of hydrogen-bond acceptors (Lipinski definition) is 5. The van der Waals surface area contributed by atoms with Gasteiger partial charge in [0.2, 0.25) is 5.91 Å². The second kappa shape index (κ2) is 5.94. The highest BCUT2D eigenvalue weighted by molar-refractivity contribution is 5.97. The molecule has 1 unspecified atom stereocenters. The zero-order valence-corrected chi connectivity index (χ0v) is 12.2. The van der Waals surface area contributed by atoms with Crippen LogP contribution in [0.2, 0.25) is 0 Å². The molecule has 1 heterocycles. The molecule has 2 amide bonds. The number of esters is 1. The molecule has 0 spiro atoms. The van der Waals surface area contributed by atoms with Gasteiger partial charge < -0.3 is 19.7 Å². The van der Waals surface area contributed by atoms with Crippen LogP contribution in [-0.2, 0) is 19.1 Å². The van der Waals surface area contributed by atoms with E-state index >= 15 is 0 Å². The van der Waals surface area contributed by atoms with Gasteiger partial charge in [-0.3, -0.25) is 4.79 Å². The number of nitrogens with one attached hydrogen (secondary N) is 1. The van der Waals surface area contributed by atoms with Crippen LogP contribution in [0, 0.1) is 0 Å². The minimum atomic E-state index is -0.716. The third-order valence-corrected chi connectivity index (χ3v) is 2.64. The van der Waals surface area contributed by atoms with E-state index in [0.717, 1.165) is 0 Å². The Morgan fingerprint density at radius 3 is 2.50 bits per heavy atom. The van der Waals surface area contributed by atoms with Crippen molar-refractivity contribution in [1.82, 2.24) is 10.2 Å². The first kappa shape index (κ1) is 16.0. The van der Waals surface area contributed by atoms with Gasteiger partial charge in [0.05, 0.1) is 7.11 Å². The zero-order chi connectivity index (χ0) is 15.5. The van der Waals surface area contributed by atoms with E-state index in [0.29, 0.717) is 13.0 Å². The number of methoxy groups -OCH3 is 1. The van der Waals surface area contributed by atoms with Crippen LogP contribution in [0.3, 0.4) is 0 Å². The van der Waals surface area contributed by atoms with Crippen molar-refractivity contribution in [1.29, 1.82) is 0 Å². The number of amides is 2. The number of rotatable bonds is 3. The summed E-state index contributed by atoms with van der Waals surface area (Å²) in [6.07, 6.45) is -0.282. The molecule has 1 atom stereocenters. The Labute approximate surface area is 117 Å². The first-order chi connectivity index (χ1) is 9.15. The van der Waals surface area contributed by atoms with E-state index < -0.39 is 29.6 Å². The van der Waals surface area contributed by atoms with Gasteiger partial charge in [-0.05, 0) is 27.2 Å². The molecule has 7 nitrogen and oxygen atoms in total. The Kier molecular flexibility index (Phi) is 4.75. The summed E-state index contributed by atoms with van der Waals surface area (Å²) in [5.74, 6) is -1.07. The first-order valence-corrected chi connectivity index (χ1v) is 6.24. The fraction of sp³-hybridized carbons (Fsp3) is 0.615. The summed E-state index contributed by atoms with van der Waals surface area (Å²) in [6, 6.07) is -0.716. The Morgan fingerprint density at radius 2 is 2.00 bits per heavy atom. The number of likely N-dealkylation sites (tertiary alicyclic amines) is 1. The van der Waals surface area contributed by atoms with Crippen molar-refractivity contribution in [2.24, 2.45) is 0 Å². The topological polar surface area (TPSA) is 84.9 Å². The summed E-state index contributed by atoms with van der Waals surface area (Å²) >= 11 is 0. The number of nitrogens with zero attached hydrogens (tertiary/aromatic N) is 1. The fourth-order valence-corrected chi connectivity index (χ4v) is 1.76. The molecular formula is C13H20N2O5. The molecule has 7 heteroatoms. The van der Waals surface area contributed by atoms with E-state index in [4.69, 9.17) is 4.74 Å². The fourth-order valence-electron chi connectivity index (χ4n) is 1.76. The molecule has 1 saturated heterocycles. The van der Waals surface area contributed by atoms with Crippen molar-refractivity contribution in [3.8, 4) is 0 Å². The monoisotopic (exact) mass is 284 g/mol. The van der Waals surface area contributed by atoms with E-state index in [1.165, 1.54) is 12.0 Å². The van der Waals surface area contributed by atoms with Crippen LogP contribution >= 0.6 is 0 Å². The highest BCUT2D eigenvalue weighted by atomic mass is 16.6. The average Bonchev–Trinajstić information content (AvgIpc) is 2.66. The lowest BCUT2D eigenvalue weighted by Crippen LogP contribution is -2.44. The molecule has 0 radical (unpaired) electrons. The van der Waals surface area contributed by atoms with Crippen molar-refractivity contribution < 1.29 is 23.9 Å². The molecule has 0 aromatic heterocycles. The van der Waals surface area contributed by atoms with Crippen molar-refractivity contribution in [2.45, 2.75) is 38.8 Å². The van der Waals surface area contributed by atoms with Crippen LogP contribution in [0.4, 0.5) is 4.79 Å². The lowest BCUT2D eigenvalue weighted by atomic mass is 10.2. The summed E-state index contributed by atoms with van der Waals surface area (Å²) in [7, 11) is 1.21. The predicted octanol–water partition coefficient (Wildman–Crippen LogP) is 0.799. The molecule has 1 aliphatic heterocycles. The second-order valence-corrected chi connectivity index (χ2v) is 5.42. The van der Waals surface area contributed by atoms with Gasteiger partial charge in [0, 0.05) is 6.54 Å². The molecule has 1 fully saturated rings. The van der Waals surface area contributed by atoms with Crippen molar-refractivity contribution >= 4 is 18.0 Å². The molecular weight excluding hydrogens is 264 g/mol. The molecule has 0 aromatic rings. The summed E-state index contributed by atoms with van der Waals surface area (Å²) in [5, 5.41) is 2.48. The van der Waals surface area contributed by atoms with E-state index in [9.17, 15) is 14.4 Å². The van der Waals surface area contributed by atoms with Crippen LogP contribution < -0.4 is 5.32 Å². The highest BCUT2D eigenvalue weighted by Gasteiger charge is 2.37. The molecule has 20 heavy (non-hydrogen) atoms. The average molecular weight is 284 g/mol. The Bertz CT molecular complexity index is 439. The summed E-state index contributed by atoms with van der Waals surface area (Å²) in [4.78, 5) is 36.2. The molecule has 112 valence electrons. The van der Waals surface area contributed by atoms with Gasteiger partial charge in [0.15, 0.2) is 0 Å². The maximum Gasteiger partial charge on any atom is 0.408 e. The summed E-state index contributed by atoms with van der Waals surface area (Å²) in [5.41, 5.74) is -0.674. The summed E-state index contributed by atoms with van der Waals surface area (Å²) in [6.45, 7) is 9.01. The lowest BCUT2D eigenvalue weighted by Gasteiger charge is -2.21. The molecule has 0 saturated carbocycles. The van der Waals surface area contributed by atoms with Crippen molar-refractivity contribution in [3.63, 3.8) is 0 Å². The van der Waals surface area contributed by atoms with Crippen LogP contribution in [-0.4, -0.2) is 48.2 Å². The number of carbonyl (C=O) groups is 3. The second-order valence-electron chi connectivity index (χ2n) is 5.42. The molecule has 1 N–H and O–H groups in total. The van der Waals surface area contributed by atoms with Gasteiger partial charge >= 0.3 is 12.1 Å². The van der Waals surface area contributed by atoms with Gasteiger partial charge in [0.25, 0.3) is 0 Å². The van der Waals surface area contributed by atoms with Crippen LogP contribution in [0.5, 0.6) is 0 Å².